The van der Waals surface area contributed by atoms with Crippen LogP contribution in [-0.4, -0.2) is 28.7 Å². The lowest BCUT2D eigenvalue weighted by molar-refractivity contribution is -0.124. The van der Waals surface area contributed by atoms with Gasteiger partial charge >= 0.3 is 0 Å². The molecule has 0 radical (unpaired) electrons. The smallest absolute Gasteiger partial charge is 0.254 e. The average Bonchev–Trinajstić information content (AvgIpc) is 2.35. The number of ketones is 1. The van der Waals surface area contributed by atoms with Gasteiger partial charge in [0.05, 0.1) is 6.54 Å². The van der Waals surface area contributed by atoms with Crippen LogP contribution in [-0.2, 0) is 4.79 Å². The number of likely N-dealkylation sites (tertiary alicyclic amines) is 1. The van der Waals surface area contributed by atoms with Crippen LogP contribution in [0, 0.1) is 12.7 Å². The lowest BCUT2D eigenvalue weighted by Crippen LogP contribution is -2.53. The Balaban J connectivity index is 2.31. The van der Waals surface area contributed by atoms with Gasteiger partial charge in [-0.3, -0.25) is 9.59 Å². The fraction of sp³-hybridized carbons (Fsp3) is 0.467. The Morgan fingerprint density at radius 2 is 2.05 bits per heavy atom. The van der Waals surface area contributed by atoms with E-state index >= 15 is 0 Å². The van der Waals surface area contributed by atoms with Crippen molar-refractivity contribution >= 4 is 11.7 Å². The number of aryl methyl sites for hydroxylation is 1. The molecule has 0 aromatic heterocycles. The first-order chi connectivity index (χ1) is 8.81. The summed E-state index contributed by atoms with van der Waals surface area (Å²) in [4.78, 5) is 25.6. The maximum atomic E-state index is 13.2. The second-order valence-electron chi connectivity index (χ2n) is 5.71. The van der Waals surface area contributed by atoms with Gasteiger partial charge in [0.1, 0.15) is 5.82 Å². The molecule has 1 aliphatic heterocycles. The highest BCUT2D eigenvalue weighted by Gasteiger charge is 2.36. The number of benzene rings is 1. The summed E-state index contributed by atoms with van der Waals surface area (Å²) >= 11 is 0. The van der Waals surface area contributed by atoms with E-state index in [-0.39, 0.29) is 29.6 Å². The Labute approximate surface area is 112 Å². The van der Waals surface area contributed by atoms with Crippen molar-refractivity contribution in [3.05, 3.63) is 35.1 Å². The number of carbonyl (C=O) groups excluding carboxylic acids is 2. The number of nitrogens with zero attached hydrogens (tertiary/aromatic N) is 1. The fourth-order valence-electron chi connectivity index (χ4n) is 2.33. The zero-order valence-electron chi connectivity index (χ0n) is 11.5. The molecule has 2 rings (SSSR count). The first kappa shape index (κ1) is 13.7. The number of halogens is 1. The van der Waals surface area contributed by atoms with Crippen LogP contribution in [0.1, 0.15) is 42.6 Å². The molecular formula is C15H18FNO2. The van der Waals surface area contributed by atoms with E-state index in [1.54, 1.807) is 11.8 Å². The lowest BCUT2D eigenvalue weighted by atomic mass is 9.89. The normalized spacial score (nSPS) is 18.5. The van der Waals surface area contributed by atoms with Crippen molar-refractivity contribution < 1.29 is 14.0 Å². The molecule has 0 aliphatic carbocycles. The average molecular weight is 263 g/mol. The van der Waals surface area contributed by atoms with Gasteiger partial charge in [-0.1, -0.05) is 0 Å². The molecule has 1 amide bonds. The van der Waals surface area contributed by atoms with Crippen LogP contribution in [0.3, 0.4) is 0 Å². The van der Waals surface area contributed by atoms with Crippen molar-refractivity contribution in [2.75, 3.05) is 6.54 Å². The number of piperidine rings is 1. The number of rotatable bonds is 1. The van der Waals surface area contributed by atoms with Crippen molar-refractivity contribution in [1.82, 2.24) is 4.90 Å². The standard InChI is InChI=1S/C15H18FNO2/c1-10-8-11(4-5-13(10)16)14(19)17-9-12(18)6-7-15(17,2)3/h4-5,8H,6-7,9H2,1-3H3. The molecule has 0 atom stereocenters. The SMILES string of the molecule is Cc1cc(C(=O)N2CC(=O)CCC2(C)C)ccc1F. The number of Topliss-reactive ketones (excluding diaryl/α,β-unsaturated/α-hetero) is 1. The van der Waals surface area contributed by atoms with Crippen molar-refractivity contribution in [3.8, 4) is 0 Å². The topological polar surface area (TPSA) is 37.4 Å². The minimum atomic E-state index is -0.340. The third kappa shape index (κ3) is 2.67. The van der Waals surface area contributed by atoms with Gasteiger partial charge in [0, 0.05) is 17.5 Å². The van der Waals surface area contributed by atoms with E-state index in [9.17, 15) is 14.0 Å². The largest absolute Gasteiger partial charge is 0.326 e. The Bertz CT molecular complexity index is 537. The predicted octanol–water partition coefficient (Wildman–Crippen LogP) is 2.72. The predicted molar refractivity (Wildman–Crippen MR) is 70.5 cm³/mol. The second kappa shape index (κ2) is 4.76. The van der Waals surface area contributed by atoms with Gasteiger partial charge in [-0.05, 0) is 51.0 Å². The molecular weight excluding hydrogens is 245 g/mol. The van der Waals surface area contributed by atoms with E-state index in [1.165, 1.54) is 18.2 Å². The van der Waals surface area contributed by atoms with Gasteiger partial charge in [0.15, 0.2) is 5.78 Å². The maximum Gasteiger partial charge on any atom is 0.254 e. The first-order valence-electron chi connectivity index (χ1n) is 6.41. The molecule has 1 heterocycles. The van der Waals surface area contributed by atoms with Crippen molar-refractivity contribution in [3.63, 3.8) is 0 Å². The molecule has 102 valence electrons. The number of hydrogen-bond donors (Lipinski definition) is 0. The molecule has 0 spiro atoms. The highest BCUT2D eigenvalue weighted by atomic mass is 19.1. The first-order valence-corrected chi connectivity index (χ1v) is 6.41. The zero-order chi connectivity index (χ0) is 14.2. The third-order valence-electron chi connectivity index (χ3n) is 3.73. The Morgan fingerprint density at radius 3 is 2.68 bits per heavy atom. The van der Waals surface area contributed by atoms with Crippen molar-refractivity contribution in [1.29, 1.82) is 0 Å². The van der Waals surface area contributed by atoms with Gasteiger partial charge in [0.25, 0.3) is 5.91 Å². The van der Waals surface area contributed by atoms with Gasteiger partial charge < -0.3 is 4.90 Å². The molecule has 1 saturated heterocycles. The molecule has 3 nitrogen and oxygen atoms in total. The van der Waals surface area contributed by atoms with Gasteiger partial charge in [-0.25, -0.2) is 4.39 Å². The lowest BCUT2D eigenvalue weighted by Gasteiger charge is -2.41. The summed E-state index contributed by atoms with van der Waals surface area (Å²) in [6, 6.07) is 4.30. The minimum Gasteiger partial charge on any atom is -0.326 e. The molecule has 1 fully saturated rings. The van der Waals surface area contributed by atoms with Crippen LogP contribution < -0.4 is 0 Å². The second-order valence-corrected chi connectivity index (χ2v) is 5.71. The summed E-state index contributed by atoms with van der Waals surface area (Å²) in [5, 5.41) is 0. The molecule has 0 saturated carbocycles. The van der Waals surface area contributed by atoms with E-state index in [0.717, 1.165) is 0 Å². The van der Waals surface area contributed by atoms with Crippen LogP contribution in [0.4, 0.5) is 4.39 Å². The molecule has 0 unspecified atom stereocenters. The minimum absolute atomic E-state index is 0.0755. The Morgan fingerprint density at radius 1 is 1.37 bits per heavy atom. The summed E-state index contributed by atoms with van der Waals surface area (Å²) in [5.74, 6) is -0.460. The van der Waals surface area contributed by atoms with E-state index < -0.39 is 0 Å². The Kier molecular flexibility index (Phi) is 3.43. The quantitative estimate of drug-likeness (QED) is 0.781. The number of hydrogen-bond acceptors (Lipinski definition) is 2. The zero-order valence-corrected chi connectivity index (χ0v) is 11.5. The van der Waals surface area contributed by atoms with Crippen LogP contribution >= 0.6 is 0 Å². The third-order valence-corrected chi connectivity index (χ3v) is 3.73. The molecule has 0 bridgehead atoms. The van der Waals surface area contributed by atoms with Crippen molar-refractivity contribution in [2.45, 2.75) is 39.2 Å². The van der Waals surface area contributed by atoms with Crippen LogP contribution in [0.2, 0.25) is 0 Å². The molecule has 19 heavy (non-hydrogen) atoms. The van der Waals surface area contributed by atoms with Crippen LogP contribution in [0.5, 0.6) is 0 Å². The van der Waals surface area contributed by atoms with E-state index in [1.807, 2.05) is 13.8 Å². The monoisotopic (exact) mass is 263 g/mol. The van der Waals surface area contributed by atoms with Gasteiger partial charge in [-0.15, -0.1) is 0 Å². The van der Waals surface area contributed by atoms with Crippen LogP contribution in [0.25, 0.3) is 0 Å². The maximum absolute atomic E-state index is 13.2. The molecule has 1 aromatic carbocycles. The van der Waals surface area contributed by atoms with Gasteiger partial charge in [-0.2, -0.15) is 0 Å². The van der Waals surface area contributed by atoms with Crippen LogP contribution in [0.15, 0.2) is 18.2 Å². The fourth-order valence-corrected chi connectivity index (χ4v) is 2.33. The highest BCUT2D eigenvalue weighted by molar-refractivity contribution is 5.98. The van der Waals surface area contributed by atoms with Gasteiger partial charge in [0.2, 0.25) is 0 Å². The summed E-state index contributed by atoms with van der Waals surface area (Å²) in [5.41, 5.74) is 0.529. The summed E-state index contributed by atoms with van der Waals surface area (Å²) < 4.78 is 13.2. The van der Waals surface area contributed by atoms with E-state index in [0.29, 0.717) is 24.0 Å². The molecule has 1 aromatic rings. The molecule has 4 heteroatoms. The number of carbonyl (C=O) groups is 2. The number of amides is 1. The van der Waals surface area contributed by atoms with Crippen molar-refractivity contribution in [2.24, 2.45) is 0 Å². The molecule has 0 N–H and O–H groups in total. The van der Waals surface area contributed by atoms with E-state index in [2.05, 4.69) is 0 Å². The Hall–Kier alpha value is -1.71. The summed E-state index contributed by atoms with van der Waals surface area (Å²) in [6.07, 6.45) is 1.18. The van der Waals surface area contributed by atoms with E-state index in [4.69, 9.17) is 0 Å². The highest BCUT2D eigenvalue weighted by Crippen LogP contribution is 2.27. The molecule has 1 aliphatic rings. The summed E-state index contributed by atoms with van der Waals surface area (Å²) in [6.45, 7) is 5.67. The summed E-state index contributed by atoms with van der Waals surface area (Å²) in [7, 11) is 0.